The highest BCUT2D eigenvalue weighted by molar-refractivity contribution is 9.10. The van der Waals surface area contributed by atoms with Crippen LogP contribution in [0.25, 0.3) is 0 Å². The van der Waals surface area contributed by atoms with E-state index in [0.29, 0.717) is 22.3 Å². The fourth-order valence-electron chi connectivity index (χ4n) is 2.34. The Balaban J connectivity index is 1.93. The van der Waals surface area contributed by atoms with Crippen molar-refractivity contribution in [3.63, 3.8) is 0 Å². The number of carbonyl (C=O) groups excluding carboxylic acids is 1. The molecular formula is C17H16BrF2N3O4. The third kappa shape index (κ3) is 6.57. The summed E-state index contributed by atoms with van der Waals surface area (Å²) in [5.41, 5.74) is 1.02. The highest BCUT2D eigenvalue weighted by Crippen LogP contribution is 2.27. The van der Waals surface area contributed by atoms with Crippen molar-refractivity contribution >= 4 is 33.2 Å². The zero-order valence-electron chi connectivity index (χ0n) is 14.2. The van der Waals surface area contributed by atoms with Gasteiger partial charge in [-0.25, -0.2) is 0 Å². The zero-order chi connectivity index (χ0) is 20.0. The molecule has 1 N–H and O–H groups in total. The van der Waals surface area contributed by atoms with Gasteiger partial charge in [-0.3, -0.25) is 19.8 Å². The maximum Gasteiger partial charge on any atom is 0.387 e. The topological polar surface area (TPSA) is 84.7 Å². The highest BCUT2D eigenvalue weighted by atomic mass is 79.9. The molecular weight excluding hydrogens is 428 g/mol. The predicted octanol–water partition coefficient (Wildman–Crippen LogP) is 4.03. The van der Waals surface area contributed by atoms with E-state index in [1.165, 1.54) is 30.3 Å². The third-order valence-corrected chi connectivity index (χ3v) is 4.08. The number of amides is 1. The van der Waals surface area contributed by atoms with Crippen LogP contribution in [0.4, 0.5) is 20.2 Å². The van der Waals surface area contributed by atoms with Crippen molar-refractivity contribution in [3.05, 3.63) is 62.6 Å². The van der Waals surface area contributed by atoms with E-state index >= 15 is 0 Å². The van der Waals surface area contributed by atoms with Gasteiger partial charge in [-0.15, -0.1) is 0 Å². The molecule has 144 valence electrons. The lowest BCUT2D eigenvalue weighted by atomic mass is 10.2. The van der Waals surface area contributed by atoms with Gasteiger partial charge < -0.3 is 10.1 Å². The number of non-ortho nitro benzene ring substituents is 1. The molecule has 0 spiro atoms. The Labute approximate surface area is 162 Å². The van der Waals surface area contributed by atoms with Crippen molar-refractivity contribution in [2.45, 2.75) is 13.2 Å². The van der Waals surface area contributed by atoms with E-state index in [-0.39, 0.29) is 23.9 Å². The number of nitrogens with zero attached hydrogens (tertiary/aromatic N) is 2. The summed E-state index contributed by atoms with van der Waals surface area (Å²) >= 11 is 3.18. The minimum absolute atomic E-state index is 0.0311. The minimum Gasteiger partial charge on any atom is -0.435 e. The molecule has 1 amide bonds. The number of anilines is 1. The molecule has 0 aliphatic rings. The van der Waals surface area contributed by atoms with Gasteiger partial charge in [0.05, 0.1) is 17.2 Å². The molecule has 0 radical (unpaired) electrons. The van der Waals surface area contributed by atoms with Gasteiger partial charge in [0.15, 0.2) is 0 Å². The molecule has 27 heavy (non-hydrogen) atoms. The summed E-state index contributed by atoms with van der Waals surface area (Å²) in [5, 5.41) is 13.4. The molecule has 0 aromatic heterocycles. The van der Waals surface area contributed by atoms with Crippen molar-refractivity contribution in [2.75, 3.05) is 18.9 Å². The van der Waals surface area contributed by atoms with E-state index in [1.54, 1.807) is 24.1 Å². The first-order valence-corrected chi connectivity index (χ1v) is 8.50. The lowest BCUT2D eigenvalue weighted by molar-refractivity contribution is -0.384. The molecule has 0 heterocycles. The zero-order valence-corrected chi connectivity index (χ0v) is 15.8. The summed E-state index contributed by atoms with van der Waals surface area (Å²) < 4.78 is 29.3. The van der Waals surface area contributed by atoms with Crippen molar-refractivity contribution in [2.24, 2.45) is 0 Å². The molecule has 2 aromatic carbocycles. The lowest BCUT2D eigenvalue weighted by Crippen LogP contribution is -2.29. The quantitative estimate of drug-likeness (QED) is 0.491. The maximum absolute atomic E-state index is 12.3. The number of carbonyl (C=O) groups is 1. The Kier molecular flexibility index (Phi) is 7.19. The predicted molar refractivity (Wildman–Crippen MR) is 98.8 cm³/mol. The van der Waals surface area contributed by atoms with Crippen molar-refractivity contribution in [1.82, 2.24) is 4.90 Å². The fourth-order valence-corrected chi connectivity index (χ4v) is 2.81. The van der Waals surface area contributed by atoms with Crippen molar-refractivity contribution in [3.8, 4) is 5.75 Å². The summed E-state index contributed by atoms with van der Waals surface area (Å²) in [5.74, 6) is -0.276. The number of nitro benzene ring substituents is 1. The van der Waals surface area contributed by atoms with E-state index in [1.807, 2.05) is 0 Å². The number of likely N-dealkylation sites (N-methyl/N-ethyl adjacent to an activating group) is 1. The van der Waals surface area contributed by atoms with Crippen LogP contribution in [-0.4, -0.2) is 35.9 Å². The first kappa shape index (κ1) is 20.7. The number of nitrogens with one attached hydrogen (secondary N) is 1. The Morgan fingerprint density at radius 2 is 2.07 bits per heavy atom. The molecule has 2 aromatic rings. The van der Waals surface area contributed by atoms with Crippen LogP contribution in [0.3, 0.4) is 0 Å². The van der Waals surface area contributed by atoms with Crippen molar-refractivity contribution < 1.29 is 23.2 Å². The first-order chi connectivity index (χ1) is 12.7. The van der Waals surface area contributed by atoms with E-state index in [2.05, 4.69) is 26.0 Å². The summed E-state index contributed by atoms with van der Waals surface area (Å²) in [7, 11) is 1.70. The van der Waals surface area contributed by atoms with Gasteiger partial charge in [-0.1, -0.05) is 12.1 Å². The van der Waals surface area contributed by atoms with Crippen LogP contribution in [0, 0.1) is 10.1 Å². The smallest absolute Gasteiger partial charge is 0.387 e. The molecule has 0 aliphatic heterocycles. The van der Waals surface area contributed by atoms with Crippen LogP contribution >= 0.6 is 15.9 Å². The van der Waals surface area contributed by atoms with Gasteiger partial charge in [0, 0.05) is 23.2 Å². The van der Waals surface area contributed by atoms with Crippen LogP contribution < -0.4 is 10.1 Å². The van der Waals surface area contributed by atoms with E-state index in [9.17, 15) is 23.7 Å². The summed E-state index contributed by atoms with van der Waals surface area (Å²) in [6.07, 6.45) is 0. The monoisotopic (exact) mass is 443 g/mol. The Morgan fingerprint density at radius 3 is 2.70 bits per heavy atom. The van der Waals surface area contributed by atoms with Crippen LogP contribution in [0.5, 0.6) is 5.75 Å². The fraction of sp³-hybridized carbons (Fsp3) is 0.235. The average molecular weight is 444 g/mol. The Morgan fingerprint density at radius 1 is 1.33 bits per heavy atom. The summed E-state index contributed by atoms with van der Waals surface area (Å²) in [4.78, 5) is 24.1. The van der Waals surface area contributed by atoms with Crippen LogP contribution in [-0.2, 0) is 11.3 Å². The highest BCUT2D eigenvalue weighted by Gasteiger charge is 2.13. The number of benzene rings is 2. The van der Waals surface area contributed by atoms with Gasteiger partial charge in [-0.05, 0) is 46.7 Å². The first-order valence-electron chi connectivity index (χ1n) is 7.70. The lowest BCUT2D eigenvalue weighted by Gasteiger charge is -2.17. The molecule has 0 saturated heterocycles. The van der Waals surface area contributed by atoms with E-state index in [4.69, 9.17) is 0 Å². The number of halogens is 3. The minimum atomic E-state index is -2.90. The number of alkyl halides is 2. The number of rotatable bonds is 8. The molecule has 0 saturated carbocycles. The van der Waals surface area contributed by atoms with Gasteiger partial charge in [0.25, 0.3) is 5.69 Å². The largest absolute Gasteiger partial charge is 0.435 e. The maximum atomic E-state index is 12.3. The number of hydrogen-bond donors (Lipinski definition) is 1. The van der Waals surface area contributed by atoms with Crippen molar-refractivity contribution in [1.29, 1.82) is 0 Å². The average Bonchev–Trinajstić information content (AvgIpc) is 2.56. The second-order valence-electron chi connectivity index (χ2n) is 5.67. The molecule has 0 atom stereocenters. The third-order valence-electron chi connectivity index (χ3n) is 3.43. The second-order valence-corrected chi connectivity index (χ2v) is 6.52. The Bertz CT molecular complexity index is 836. The van der Waals surface area contributed by atoms with Gasteiger partial charge in [0.1, 0.15) is 5.75 Å². The molecule has 0 fully saturated rings. The molecule has 0 aliphatic carbocycles. The molecule has 7 nitrogen and oxygen atoms in total. The second kappa shape index (κ2) is 9.38. The number of hydrogen-bond acceptors (Lipinski definition) is 5. The van der Waals surface area contributed by atoms with Gasteiger partial charge in [0.2, 0.25) is 5.91 Å². The molecule has 0 unspecified atom stereocenters. The van der Waals surface area contributed by atoms with Crippen LogP contribution in [0.2, 0.25) is 0 Å². The van der Waals surface area contributed by atoms with E-state index < -0.39 is 11.5 Å². The summed E-state index contributed by atoms with van der Waals surface area (Å²) in [6, 6.07) is 10.3. The molecule has 0 bridgehead atoms. The van der Waals surface area contributed by atoms with Crippen LogP contribution in [0.1, 0.15) is 5.56 Å². The number of nitro groups is 1. The SMILES string of the molecule is CN(CC(=O)Nc1ccc([N+](=O)[O-])cc1Br)Cc1cccc(OC(F)F)c1. The van der Waals surface area contributed by atoms with Gasteiger partial charge >= 0.3 is 6.61 Å². The van der Waals surface area contributed by atoms with Crippen LogP contribution in [0.15, 0.2) is 46.9 Å². The Hall–Kier alpha value is -2.59. The number of ether oxygens (including phenoxy) is 1. The van der Waals surface area contributed by atoms with E-state index in [0.717, 1.165) is 0 Å². The molecule has 10 heteroatoms. The summed E-state index contributed by atoms with van der Waals surface area (Å²) in [6.45, 7) is -2.53. The molecule has 2 rings (SSSR count). The normalized spacial score (nSPS) is 10.9. The van der Waals surface area contributed by atoms with Gasteiger partial charge in [-0.2, -0.15) is 8.78 Å². The standard InChI is InChI=1S/C17H16BrF2N3O4/c1-22(9-11-3-2-4-13(7-11)27-17(19)20)10-16(24)21-15-6-5-12(23(25)26)8-14(15)18/h2-8,17H,9-10H2,1H3,(H,21,24).